The van der Waals surface area contributed by atoms with Crippen molar-refractivity contribution < 1.29 is 0 Å². The van der Waals surface area contributed by atoms with E-state index in [1.165, 1.54) is 0 Å². The first kappa shape index (κ1) is 15.7. The molecule has 0 fully saturated rings. The second-order valence-electron chi connectivity index (χ2n) is 5.53. The van der Waals surface area contributed by atoms with Crippen LogP contribution in [-0.4, -0.2) is 31.0 Å². The van der Waals surface area contributed by atoms with Crippen LogP contribution in [0.5, 0.6) is 0 Å². The Kier molecular flexibility index (Phi) is 4.38. The molecule has 0 saturated carbocycles. The molecule has 4 heteroatoms. The normalized spacial score (nSPS) is 10.6. The predicted molar refractivity (Wildman–Crippen MR) is 102 cm³/mol. The Morgan fingerprint density at radius 3 is 1.76 bits per heavy atom. The molecule has 1 aromatic carbocycles. The summed E-state index contributed by atoms with van der Waals surface area (Å²) in [6.45, 7) is 0. The van der Waals surface area contributed by atoms with Crippen LogP contribution in [0.2, 0.25) is 0 Å². The summed E-state index contributed by atoms with van der Waals surface area (Å²) >= 11 is 3.10. The monoisotopic (exact) mass is 388 g/mol. The van der Waals surface area contributed by atoms with Gasteiger partial charge >= 0.3 is 155 Å². The van der Waals surface area contributed by atoms with Gasteiger partial charge in [0.05, 0.1) is 0 Å². The van der Waals surface area contributed by atoms with E-state index in [2.05, 4.69) is 27.1 Å². The van der Waals surface area contributed by atoms with Crippen molar-refractivity contribution in [2.75, 3.05) is 0 Å². The van der Waals surface area contributed by atoms with Crippen LogP contribution in [0.3, 0.4) is 0 Å². The molecule has 0 aliphatic heterocycles. The average Bonchev–Trinajstić information content (AvgIpc) is 2.69. The van der Waals surface area contributed by atoms with Gasteiger partial charge in [-0.05, 0) is 0 Å². The molecule has 1 radical (unpaired) electrons. The minimum absolute atomic E-state index is 0.836. The molecule has 3 aromatic heterocycles. The van der Waals surface area contributed by atoms with Crippen LogP contribution in [-0.2, 0) is 0 Å². The van der Waals surface area contributed by atoms with E-state index >= 15 is 0 Å². The number of hydrogen-bond acceptors (Lipinski definition) is 3. The zero-order chi connectivity index (χ0) is 17.1. The van der Waals surface area contributed by atoms with Crippen LogP contribution < -0.4 is 4.46 Å². The van der Waals surface area contributed by atoms with E-state index in [9.17, 15) is 0 Å². The quantitative estimate of drug-likeness (QED) is 0.504. The zero-order valence-electron chi connectivity index (χ0n) is 13.3. The van der Waals surface area contributed by atoms with Gasteiger partial charge in [0.1, 0.15) is 0 Å². The van der Waals surface area contributed by atoms with Crippen LogP contribution in [0.25, 0.3) is 34.0 Å². The van der Waals surface area contributed by atoms with Crippen LogP contribution >= 0.6 is 0 Å². The van der Waals surface area contributed by atoms with Gasteiger partial charge in [0.25, 0.3) is 0 Å². The van der Waals surface area contributed by atoms with Crippen molar-refractivity contribution in [3.05, 3.63) is 85.1 Å². The van der Waals surface area contributed by atoms with Crippen molar-refractivity contribution in [2.45, 2.75) is 0 Å². The molecule has 3 heterocycles. The van der Waals surface area contributed by atoms with E-state index in [0.29, 0.717) is 0 Å². The summed E-state index contributed by atoms with van der Waals surface area (Å²) in [5.41, 5.74) is 5.40. The fourth-order valence-corrected chi connectivity index (χ4v) is 3.17. The average molecular weight is 387 g/mol. The molecule has 3 nitrogen and oxygen atoms in total. The van der Waals surface area contributed by atoms with Gasteiger partial charge in [-0.15, -0.1) is 0 Å². The second kappa shape index (κ2) is 6.98. The maximum atomic E-state index is 4.81. The SMILES string of the molecule is [Se]c1ccccc1-c1cccc(-c2cccc(-c3ccccn3)n2)n1. The Balaban J connectivity index is 1.76. The first-order valence-electron chi connectivity index (χ1n) is 7.93. The molecule has 0 aliphatic rings. The van der Waals surface area contributed by atoms with Gasteiger partial charge in [-0.1, -0.05) is 0 Å². The molecular weight excluding hydrogens is 373 g/mol. The molecule has 0 aliphatic carbocycles. The maximum absolute atomic E-state index is 4.81. The van der Waals surface area contributed by atoms with Crippen molar-refractivity contribution in [2.24, 2.45) is 0 Å². The molecular formula is C21H14N3Se. The van der Waals surface area contributed by atoms with Crippen molar-refractivity contribution in [1.82, 2.24) is 15.0 Å². The van der Waals surface area contributed by atoms with Crippen LogP contribution in [0.1, 0.15) is 0 Å². The van der Waals surface area contributed by atoms with E-state index in [4.69, 9.17) is 9.97 Å². The molecule has 0 spiro atoms. The molecule has 0 atom stereocenters. The number of rotatable bonds is 3. The summed E-state index contributed by atoms with van der Waals surface area (Å²) in [5, 5.41) is 0. The van der Waals surface area contributed by atoms with Gasteiger partial charge < -0.3 is 0 Å². The zero-order valence-corrected chi connectivity index (χ0v) is 15.0. The van der Waals surface area contributed by atoms with Crippen LogP contribution in [0.15, 0.2) is 85.1 Å². The Hall–Kier alpha value is -2.81. The summed E-state index contributed by atoms with van der Waals surface area (Å²) in [4.78, 5) is 13.9. The minimum atomic E-state index is 0.836. The number of benzene rings is 1. The van der Waals surface area contributed by atoms with Crippen molar-refractivity contribution in [3.63, 3.8) is 0 Å². The summed E-state index contributed by atoms with van der Waals surface area (Å²) in [7, 11) is 0. The second-order valence-corrected chi connectivity index (χ2v) is 6.45. The topological polar surface area (TPSA) is 38.7 Å². The van der Waals surface area contributed by atoms with E-state index < -0.39 is 0 Å². The summed E-state index contributed by atoms with van der Waals surface area (Å²) < 4.78 is 1.09. The van der Waals surface area contributed by atoms with Crippen molar-refractivity contribution in [3.8, 4) is 34.0 Å². The molecule has 4 aromatic rings. The third-order valence-electron chi connectivity index (χ3n) is 3.85. The first-order valence-corrected chi connectivity index (χ1v) is 8.79. The third kappa shape index (κ3) is 3.36. The van der Waals surface area contributed by atoms with Crippen molar-refractivity contribution in [1.29, 1.82) is 0 Å². The number of hydrogen-bond donors (Lipinski definition) is 0. The predicted octanol–water partition coefficient (Wildman–Crippen LogP) is 3.67. The Labute approximate surface area is 154 Å². The van der Waals surface area contributed by atoms with Gasteiger partial charge in [0.15, 0.2) is 0 Å². The van der Waals surface area contributed by atoms with Gasteiger partial charge in [-0.2, -0.15) is 0 Å². The molecule has 0 unspecified atom stereocenters. The number of pyridine rings is 3. The fourth-order valence-electron chi connectivity index (χ4n) is 2.64. The molecule has 0 N–H and O–H groups in total. The van der Waals surface area contributed by atoms with Gasteiger partial charge in [-0.25, -0.2) is 0 Å². The molecule has 0 amide bonds. The summed E-state index contributed by atoms with van der Waals surface area (Å²) in [6.07, 6.45) is 1.78. The fraction of sp³-hybridized carbons (Fsp3) is 0. The Morgan fingerprint density at radius 1 is 0.520 bits per heavy atom. The molecule has 119 valence electrons. The van der Waals surface area contributed by atoms with Crippen LogP contribution in [0.4, 0.5) is 0 Å². The molecule has 0 saturated heterocycles. The third-order valence-corrected chi connectivity index (χ3v) is 4.60. The molecule has 0 bridgehead atoms. The van der Waals surface area contributed by atoms with E-state index in [-0.39, 0.29) is 0 Å². The number of aromatic nitrogens is 3. The Bertz CT molecular complexity index is 1020. The van der Waals surface area contributed by atoms with Crippen molar-refractivity contribution >= 4 is 20.5 Å². The van der Waals surface area contributed by atoms with E-state index in [1.54, 1.807) is 6.20 Å². The van der Waals surface area contributed by atoms with Crippen LogP contribution in [0, 0.1) is 0 Å². The number of nitrogens with zero attached hydrogens (tertiary/aromatic N) is 3. The van der Waals surface area contributed by atoms with Gasteiger partial charge in [0.2, 0.25) is 0 Å². The standard InChI is InChI=1S/C21H14N3Se/c25-21-13-2-1-7-15(21)16-9-5-11-19(23-16)20-12-6-10-18(24-20)17-8-3-4-14-22-17/h1-14H. The summed E-state index contributed by atoms with van der Waals surface area (Å²) in [5.74, 6) is 0. The van der Waals surface area contributed by atoms with E-state index in [0.717, 1.165) is 38.5 Å². The van der Waals surface area contributed by atoms with Gasteiger partial charge in [0, 0.05) is 0 Å². The Morgan fingerprint density at radius 2 is 1.08 bits per heavy atom. The van der Waals surface area contributed by atoms with E-state index in [1.807, 2.05) is 72.8 Å². The first-order chi connectivity index (χ1) is 12.3. The molecule has 25 heavy (non-hydrogen) atoms. The van der Waals surface area contributed by atoms with Gasteiger partial charge in [-0.3, -0.25) is 0 Å². The summed E-state index contributed by atoms with van der Waals surface area (Å²) in [6, 6.07) is 25.9. The molecule has 4 rings (SSSR count).